The Morgan fingerprint density at radius 2 is 1.88 bits per heavy atom. The first-order valence-corrected chi connectivity index (χ1v) is 7.66. The summed E-state index contributed by atoms with van der Waals surface area (Å²) in [6, 6.07) is 4.93. The molecule has 0 spiro atoms. The Kier molecular flexibility index (Phi) is 3.72. The van der Waals surface area contributed by atoms with Crippen molar-refractivity contribution in [1.29, 1.82) is 0 Å². The van der Waals surface area contributed by atoms with E-state index in [2.05, 4.69) is 0 Å². The number of anilines is 1. The van der Waals surface area contributed by atoms with Gasteiger partial charge in [0.15, 0.2) is 5.78 Å². The number of fused-ring (bicyclic) bond motifs is 1. The maximum atomic E-state index is 11.9. The number of carbonyl (C=O) groups excluding carboxylic acids is 1. The number of benzene rings is 1. The van der Waals surface area contributed by atoms with Gasteiger partial charge in [-0.05, 0) is 29.9 Å². The molecule has 122 valence electrons. The van der Waals surface area contributed by atoms with E-state index in [-0.39, 0.29) is 21.8 Å². The molecule has 1 aromatic rings. The molecule has 0 aromatic heterocycles. The number of likely N-dealkylation sites (N-methyl/N-ethyl adjacent to an activating group) is 1. The van der Waals surface area contributed by atoms with Gasteiger partial charge in [0.2, 0.25) is 0 Å². The first-order chi connectivity index (χ1) is 11.3. The summed E-state index contributed by atoms with van der Waals surface area (Å²) in [6.45, 7) is 4.06. The van der Waals surface area contributed by atoms with Crippen LogP contribution in [0.3, 0.4) is 0 Å². The Bertz CT molecular complexity index is 857. The number of hydrogen-bond acceptors (Lipinski definition) is 4. The molecule has 0 amide bonds. The van der Waals surface area contributed by atoms with Crippen LogP contribution in [0.4, 0.5) is 11.4 Å². The number of nitro benzene ring substituents is 1. The minimum atomic E-state index is -0.384. The van der Waals surface area contributed by atoms with E-state index in [4.69, 9.17) is 0 Å². The van der Waals surface area contributed by atoms with Gasteiger partial charge in [-0.25, -0.2) is 0 Å². The molecular weight excluding hydrogens is 304 g/mol. The lowest BCUT2D eigenvalue weighted by molar-refractivity contribution is -0.384. The standard InChI is InChI=1S/C19H18N2O3/c1-19(2)15-12-14(21(23)24)9-10-16(15)20(3)18(19)11-8-13-6-4-5-7-17(13)22/h4-12H,1-3H3/b13-8-,18-11-. The summed E-state index contributed by atoms with van der Waals surface area (Å²) in [4.78, 5) is 24.6. The molecular formula is C19H18N2O3. The number of non-ortho nitro benzene ring substituents is 1. The summed E-state index contributed by atoms with van der Waals surface area (Å²) >= 11 is 0. The van der Waals surface area contributed by atoms with E-state index in [0.717, 1.165) is 16.9 Å². The lowest BCUT2D eigenvalue weighted by Crippen LogP contribution is -2.22. The summed E-state index contributed by atoms with van der Waals surface area (Å²) in [5, 5.41) is 11.1. The Morgan fingerprint density at radius 3 is 2.54 bits per heavy atom. The quantitative estimate of drug-likeness (QED) is 0.471. The van der Waals surface area contributed by atoms with Crippen LogP contribution in [-0.4, -0.2) is 17.8 Å². The summed E-state index contributed by atoms with van der Waals surface area (Å²) in [7, 11) is 1.93. The second-order valence-corrected chi connectivity index (χ2v) is 6.40. The van der Waals surface area contributed by atoms with Crippen LogP contribution in [0.15, 0.2) is 65.9 Å². The van der Waals surface area contributed by atoms with Gasteiger partial charge in [0.1, 0.15) is 0 Å². The van der Waals surface area contributed by atoms with Gasteiger partial charge in [-0.15, -0.1) is 0 Å². The zero-order valence-electron chi connectivity index (χ0n) is 13.8. The fraction of sp³-hybridized carbons (Fsp3) is 0.211. The molecule has 5 nitrogen and oxygen atoms in total. The molecule has 1 aliphatic carbocycles. The fourth-order valence-corrected chi connectivity index (χ4v) is 3.22. The monoisotopic (exact) mass is 322 g/mol. The minimum absolute atomic E-state index is 0.0269. The molecule has 0 unspecified atom stereocenters. The largest absolute Gasteiger partial charge is 0.347 e. The number of ketones is 1. The molecule has 3 rings (SSSR count). The molecule has 1 aliphatic heterocycles. The molecule has 0 saturated carbocycles. The lowest BCUT2D eigenvalue weighted by Gasteiger charge is -2.23. The van der Waals surface area contributed by atoms with E-state index >= 15 is 0 Å². The SMILES string of the molecule is CN1/C(=C\C=C2\C=CC=CC2=O)C(C)(C)c2cc([N+](=O)[O-])ccc21. The van der Waals surface area contributed by atoms with Crippen molar-refractivity contribution in [3.8, 4) is 0 Å². The van der Waals surface area contributed by atoms with Gasteiger partial charge in [-0.3, -0.25) is 14.9 Å². The predicted molar refractivity (Wildman–Crippen MR) is 94.0 cm³/mol. The molecule has 1 heterocycles. The Morgan fingerprint density at radius 1 is 1.17 bits per heavy atom. The number of hydrogen-bond donors (Lipinski definition) is 0. The summed E-state index contributed by atoms with van der Waals surface area (Å²) in [5.74, 6) is -0.0269. The van der Waals surface area contributed by atoms with Crippen LogP contribution in [0.2, 0.25) is 0 Å². The van der Waals surface area contributed by atoms with Crippen LogP contribution < -0.4 is 4.90 Å². The van der Waals surface area contributed by atoms with Crippen molar-refractivity contribution in [2.75, 3.05) is 11.9 Å². The van der Waals surface area contributed by atoms with Crippen LogP contribution in [-0.2, 0) is 10.2 Å². The molecule has 24 heavy (non-hydrogen) atoms. The number of allylic oxidation sites excluding steroid dienone is 8. The van der Waals surface area contributed by atoms with E-state index < -0.39 is 0 Å². The molecule has 0 fully saturated rings. The van der Waals surface area contributed by atoms with Gasteiger partial charge in [-0.1, -0.05) is 32.1 Å². The highest BCUT2D eigenvalue weighted by atomic mass is 16.6. The van der Waals surface area contributed by atoms with Crippen molar-refractivity contribution >= 4 is 17.2 Å². The van der Waals surface area contributed by atoms with Gasteiger partial charge in [0.25, 0.3) is 5.69 Å². The first kappa shape index (κ1) is 15.9. The predicted octanol–water partition coefficient (Wildman–Crippen LogP) is 3.83. The molecule has 0 N–H and O–H groups in total. The smallest absolute Gasteiger partial charge is 0.269 e. The average molecular weight is 322 g/mol. The molecule has 0 bridgehead atoms. The fourth-order valence-electron chi connectivity index (χ4n) is 3.22. The molecule has 2 aliphatic rings. The number of carbonyl (C=O) groups is 1. The van der Waals surface area contributed by atoms with Gasteiger partial charge in [-0.2, -0.15) is 0 Å². The second-order valence-electron chi connectivity index (χ2n) is 6.40. The number of nitro groups is 1. The molecule has 0 atom stereocenters. The van der Waals surface area contributed by atoms with Gasteiger partial charge in [0.05, 0.1) is 4.92 Å². The summed E-state index contributed by atoms with van der Waals surface area (Å²) in [6.07, 6.45) is 10.6. The zero-order valence-corrected chi connectivity index (χ0v) is 13.8. The third kappa shape index (κ3) is 2.48. The summed E-state index contributed by atoms with van der Waals surface area (Å²) in [5.41, 5.74) is 3.17. The third-order valence-corrected chi connectivity index (χ3v) is 4.57. The average Bonchev–Trinajstić information content (AvgIpc) is 2.73. The van der Waals surface area contributed by atoms with Gasteiger partial charge >= 0.3 is 0 Å². The minimum Gasteiger partial charge on any atom is -0.347 e. The Balaban J connectivity index is 2.05. The lowest BCUT2D eigenvalue weighted by atomic mass is 9.83. The second kappa shape index (κ2) is 5.60. The molecule has 0 saturated heterocycles. The normalized spacial score (nSPS) is 21.6. The van der Waals surface area contributed by atoms with Crippen LogP contribution in [0, 0.1) is 10.1 Å². The molecule has 1 aromatic carbocycles. The third-order valence-electron chi connectivity index (χ3n) is 4.57. The highest BCUT2D eigenvalue weighted by Gasteiger charge is 2.39. The van der Waals surface area contributed by atoms with Crippen LogP contribution in [0.25, 0.3) is 0 Å². The highest BCUT2D eigenvalue weighted by molar-refractivity contribution is 6.07. The maximum Gasteiger partial charge on any atom is 0.269 e. The Hall–Kier alpha value is -2.95. The van der Waals surface area contributed by atoms with Crippen molar-refractivity contribution in [2.45, 2.75) is 19.3 Å². The maximum absolute atomic E-state index is 11.9. The van der Waals surface area contributed by atoms with Crippen molar-refractivity contribution in [2.24, 2.45) is 0 Å². The van der Waals surface area contributed by atoms with Crippen LogP contribution in [0.5, 0.6) is 0 Å². The number of nitrogens with zero attached hydrogens (tertiary/aromatic N) is 2. The van der Waals surface area contributed by atoms with E-state index in [1.165, 1.54) is 12.1 Å². The van der Waals surface area contributed by atoms with Crippen molar-refractivity contribution in [3.05, 3.63) is 81.6 Å². The first-order valence-electron chi connectivity index (χ1n) is 7.66. The van der Waals surface area contributed by atoms with E-state index in [1.807, 2.05) is 37.9 Å². The van der Waals surface area contributed by atoms with Crippen LogP contribution in [0.1, 0.15) is 19.4 Å². The Labute approximate surface area is 140 Å². The van der Waals surface area contributed by atoms with Gasteiger partial charge < -0.3 is 4.90 Å². The van der Waals surface area contributed by atoms with E-state index in [0.29, 0.717) is 5.57 Å². The highest BCUT2D eigenvalue weighted by Crippen LogP contribution is 2.48. The van der Waals surface area contributed by atoms with Crippen molar-refractivity contribution in [3.63, 3.8) is 0 Å². The van der Waals surface area contributed by atoms with E-state index in [1.54, 1.807) is 30.4 Å². The van der Waals surface area contributed by atoms with Crippen molar-refractivity contribution in [1.82, 2.24) is 0 Å². The topological polar surface area (TPSA) is 63.5 Å². The van der Waals surface area contributed by atoms with Crippen molar-refractivity contribution < 1.29 is 9.72 Å². The summed E-state index contributed by atoms with van der Waals surface area (Å²) < 4.78 is 0. The number of rotatable bonds is 2. The zero-order chi connectivity index (χ0) is 17.5. The van der Waals surface area contributed by atoms with E-state index in [9.17, 15) is 14.9 Å². The molecule has 5 heteroatoms. The molecule has 0 radical (unpaired) electrons. The van der Waals surface area contributed by atoms with Crippen LogP contribution >= 0.6 is 0 Å². The van der Waals surface area contributed by atoms with Gasteiger partial charge in [0, 0.05) is 41.6 Å².